The zero-order chi connectivity index (χ0) is 12.5. The van der Waals surface area contributed by atoms with Crippen LogP contribution in [0.1, 0.15) is 59.3 Å². The highest BCUT2D eigenvalue weighted by molar-refractivity contribution is 4.92. The van der Waals surface area contributed by atoms with Gasteiger partial charge in [0, 0.05) is 12.6 Å². The highest BCUT2D eigenvalue weighted by Gasteiger charge is 2.38. The van der Waals surface area contributed by atoms with Gasteiger partial charge in [0.1, 0.15) is 0 Å². The molecular formula is C15H29NO. The lowest BCUT2D eigenvalue weighted by Crippen LogP contribution is -2.45. The van der Waals surface area contributed by atoms with Crippen LogP contribution in [0.2, 0.25) is 0 Å². The van der Waals surface area contributed by atoms with Gasteiger partial charge in [-0.2, -0.15) is 0 Å². The van der Waals surface area contributed by atoms with Crippen molar-refractivity contribution in [3.8, 4) is 0 Å². The summed E-state index contributed by atoms with van der Waals surface area (Å²) in [6.07, 6.45) is 7.17. The van der Waals surface area contributed by atoms with Crippen molar-refractivity contribution < 1.29 is 5.11 Å². The van der Waals surface area contributed by atoms with E-state index in [0.29, 0.717) is 11.5 Å². The molecule has 1 heterocycles. The Morgan fingerprint density at radius 3 is 2.65 bits per heavy atom. The lowest BCUT2D eigenvalue weighted by atomic mass is 9.79. The van der Waals surface area contributed by atoms with Gasteiger partial charge in [-0.05, 0) is 50.0 Å². The molecule has 2 nitrogen and oxygen atoms in total. The van der Waals surface area contributed by atoms with E-state index < -0.39 is 0 Å². The van der Waals surface area contributed by atoms with Crippen molar-refractivity contribution >= 4 is 0 Å². The first-order chi connectivity index (χ1) is 8.02. The monoisotopic (exact) mass is 239 g/mol. The molecule has 2 aliphatic rings. The Balaban J connectivity index is 2.00. The van der Waals surface area contributed by atoms with Crippen LogP contribution < -0.4 is 0 Å². The van der Waals surface area contributed by atoms with Gasteiger partial charge in [0.25, 0.3) is 0 Å². The van der Waals surface area contributed by atoms with Gasteiger partial charge in [0.05, 0.1) is 6.10 Å². The van der Waals surface area contributed by atoms with Crippen molar-refractivity contribution in [2.75, 3.05) is 13.1 Å². The minimum Gasteiger partial charge on any atom is -0.393 e. The van der Waals surface area contributed by atoms with Gasteiger partial charge in [-0.25, -0.2) is 0 Å². The number of nitrogens with zero attached hydrogens (tertiary/aromatic N) is 1. The highest BCUT2D eigenvalue weighted by Crippen LogP contribution is 2.37. The fourth-order valence-corrected chi connectivity index (χ4v) is 3.78. The maximum Gasteiger partial charge on any atom is 0.0555 e. The van der Waals surface area contributed by atoms with Crippen LogP contribution in [0.4, 0.5) is 0 Å². The largest absolute Gasteiger partial charge is 0.393 e. The van der Waals surface area contributed by atoms with E-state index >= 15 is 0 Å². The molecule has 0 bridgehead atoms. The van der Waals surface area contributed by atoms with Gasteiger partial charge in [0.2, 0.25) is 0 Å². The predicted octanol–water partition coefficient (Wildman–Crippen LogP) is 3.05. The van der Waals surface area contributed by atoms with Gasteiger partial charge in [-0.15, -0.1) is 0 Å². The third-order valence-corrected chi connectivity index (χ3v) is 4.76. The summed E-state index contributed by atoms with van der Waals surface area (Å²) >= 11 is 0. The Morgan fingerprint density at radius 1 is 1.29 bits per heavy atom. The Kier molecular flexibility index (Phi) is 4.14. The average Bonchev–Trinajstić information content (AvgIpc) is 2.62. The van der Waals surface area contributed by atoms with Crippen LogP contribution in [0, 0.1) is 11.3 Å². The maximum atomic E-state index is 9.93. The number of rotatable bonds is 3. The molecule has 2 heteroatoms. The summed E-state index contributed by atoms with van der Waals surface area (Å²) in [5.41, 5.74) is 0.485. The molecule has 2 rings (SSSR count). The SMILES string of the molecule is CCCC1CCC(O)CC1N1CCC(C)(C)C1. The Hall–Kier alpha value is -0.0800. The molecule has 0 spiro atoms. The summed E-state index contributed by atoms with van der Waals surface area (Å²) in [5.74, 6) is 0.831. The summed E-state index contributed by atoms with van der Waals surface area (Å²) in [5, 5.41) is 9.93. The Morgan fingerprint density at radius 2 is 2.06 bits per heavy atom. The average molecular weight is 239 g/mol. The van der Waals surface area contributed by atoms with Crippen LogP contribution in [-0.2, 0) is 0 Å². The van der Waals surface area contributed by atoms with Crippen molar-refractivity contribution in [3.63, 3.8) is 0 Å². The van der Waals surface area contributed by atoms with Gasteiger partial charge in [-0.1, -0.05) is 27.2 Å². The smallest absolute Gasteiger partial charge is 0.0555 e. The second-order valence-corrected chi connectivity index (χ2v) is 6.97. The summed E-state index contributed by atoms with van der Waals surface area (Å²) in [6.45, 7) is 9.51. The van der Waals surface area contributed by atoms with Crippen LogP contribution in [0.3, 0.4) is 0 Å². The minimum absolute atomic E-state index is 0.0446. The highest BCUT2D eigenvalue weighted by atomic mass is 16.3. The Bertz CT molecular complexity index is 251. The molecule has 1 aliphatic heterocycles. The van der Waals surface area contributed by atoms with E-state index in [-0.39, 0.29) is 6.10 Å². The van der Waals surface area contributed by atoms with Crippen LogP contribution in [0.15, 0.2) is 0 Å². The van der Waals surface area contributed by atoms with Crippen molar-refractivity contribution in [2.24, 2.45) is 11.3 Å². The van der Waals surface area contributed by atoms with Gasteiger partial charge in [0.15, 0.2) is 0 Å². The lowest BCUT2D eigenvalue weighted by molar-refractivity contribution is 0.0301. The van der Waals surface area contributed by atoms with E-state index in [2.05, 4.69) is 25.7 Å². The van der Waals surface area contributed by atoms with E-state index in [9.17, 15) is 5.11 Å². The molecule has 100 valence electrons. The molecule has 17 heavy (non-hydrogen) atoms. The molecule has 3 atom stereocenters. The first-order valence-corrected chi connectivity index (χ1v) is 7.44. The predicted molar refractivity (Wildman–Crippen MR) is 72.0 cm³/mol. The first-order valence-electron chi connectivity index (χ1n) is 7.44. The number of hydrogen-bond acceptors (Lipinski definition) is 2. The zero-order valence-corrected chi connectivity index (χ0v) is 11.8. The second kappa shape index (κ2) is 5.27. The standard InChI is InChI=1S/C15H29NO/c1-4-5-12-6-7-13(17)10-14(12)16-9-8-15(2,3)11-16/h12-14,17H,4-11H2,1-3H3. The van der Waals surface area contributed by atoms with Crippen LogP contribution in [-0.4, -0.2) is 35.2 Å². The van der Waals surface area contributed by atoms with Crippen molar-refractivity contribution in [1.82, 2.24) is 4.90 Å². The lowest BCUT2D eigenvalue weighted by Gasteiger charge is -2.40. The molecule has 0 aromatic rings. The van der Waals surface area contributed by atoms with Crippen LogP contribution >= 0.6 is 0 Å². The fraction of sp³-hybridized carbons (Fsp3) is 1.00. The van der Waals surface area contributed by atoms with Gasteiger partial charge >= 0.3 is 0 Å². The number of aliphatic hydroxyl groups is 1. The van der Waals surface area contributed by atoms with Gasteiger partial charge < -0.3 is 5.11 Å². The van der Waals surface area contributed by atoms with E-state index in [0.717, 1.165) is 18.8 Å². The molecule has 0 aromatic heterocycles. The van der Waals surface area contributed by atoms with E-state index in [1.165, 1.54) is 38.8 Å². The van der Waals surface area contributed by atoms with E-state index in [1.807, 2.05) is 0 Å². The topological polar surface area (TPSA) is 23.5 Å². The third-order valence-electron chi connectivity index (χ3n) is 4.76. The second-order valence-electron chi connectivity index (χ2n) is 6.97. The molecule has 0 aromatic carbocycles. The molecule has 1 saturated heterocycles. The van der Waals surface area contributed by atoms with Gasteiger partial charge in [-0.3, -0.25) is 4.90 Å². The number of likely N-dealkylation sites (tertiary alicyclic amines) is 1. The normalized spacial score (nSPS) is 38.5. The van der Waals surface area contributed by atoms with E-state index in [4.69, 9.17) is 0 Å². The molecule has 0 amide bonds. The zero-order valence-electron chi connectivity index (χ0n) is 11.8. The van der Waals surface area contributed by atoms with E-state index in [1.54, 1.807) is 0 Å². The molecule has 3 unspecified atom stereocenters. The number of aliphatic hydroxyl groups excluding tert-OH is 1. The molecular weight excluding hydrogens is 210 g/mol. The summed E-state index contributed by atoms with van der Waals surface area (Å²) in [4.78, 5) is 2.67. The third kappa shape index (κ3) is 3.23. The number of hydrogen-bond donors (Lipinski definition) is 1. The Labute approximate surface area is 106 Å². The summed E-state index contributed by atoms with van der Waals surface area (Å²) in [7, 11) is 0. The fourth-order valence-electron chi connectivity index (χ4n) is 3.78. The molecule has 1 saturated carbocycles. The molecule has 2 fully saturated rings. The van der Waals surface area contributed by atoms with Crippen molar-refractivity contribution in [2.45, 2.75) is 71.4 Å². The molecule has 0 radical (unpaired) electrons. The van der Waals surface area contributed by atoms with Crippen molar-refractivity contribution in [1.29, 1.82) is 0 Å². The molecule has 1 aliphatic carbocycles. The molecule has 1 N–H and O–H groups in total. The maximum absolute atomic E-state index is 9.93. The minimum atomic E-state index is -0.0446. The quantitative estimate of drug-likeness (QED) is 0.818. The van der Waals surface area contributed by atoms with Crippen molar-refractivity contribution in [3.05, 3.63) is 0 Å². The first kappa shape index (κ1) is 13.4. The summed E-state index contributed by atoms with van der Waals surface area (Å²) < 4.78 is 0. The van der Waals surface area contributed by atoms with Crippen LogP contribution in [0.5, 0.6) is 0 Å². The summed E-state index contributed by atoms with van der Waals surface area (Å²) in [6, 6.07) is 0.653. The van der Waals surface area contributed by atoms with Crippen LogP contribution in [0.25, 0.3) is 0 Å².